The van der Waals surface area contributed by atoms with E-state index in [0.717, 1.165) is 32.2 Å². The fourth-order valence-electron chi connectivity index (χ4n) is 3.50. The average molecular weight is 391 g/mol. The van der Waals surface area contributed by atoms with Gasteiger partial charge in [-0.1, -0.05) is 18.6 Å². The predicted octanol–water partition coefficient (Wildman–Crippen LogP) is 2.54. The van der Waals surface area contributed by atoms with Crippen molar-refractivity contribution in [2.24, 2.45) is 10.9 Å². The minimum atomic E-state index is 0.0407. The van der Waals surface area contributed by atoms with Gasteiger partial charge in [0.15, 0.2) is 17.5 Å². The number of carbonyl (C=O) groups excluding carboxylic acids is 1. The van der Waals surface area contributed by atoms with Crippen molar-refractivity contribution in [1.29, 1.82) is 0 Å². The molecule has 156 valence electrons. The molecule has 7 nitrogen and oxygen atoms in total. The average Bonchev–Trinajstić information content (AvgIpc) is 2.67. The molecule has 0 aliphatic heterocycles. The number of guanidine groups is 1. The maximum atomic E-state index is 12.3. The minimum absolute atomic E-state index is 0.0407. The molecule has 0 radical (unpaired) electrons. The fraction of sp³-hybridized carbons (Fsp3) is 0.619. The van der Waals surface area contributed by atoms with E-state index in [1.165, 1.54) is 7.11 Å². The highest BCUT2D eigenvalue weighted by atomic mass is 16.5. The van der Waals surface area contributed by atoms with Gasteiger partial charge in [0.25, 0.3) is 0 Å². The molecule has 1 amide bonds. The summed E-state index contributed by atoms with van der Waals surface area (Å²) in [6, 6.07) is 5.75. The molecule has 1 aliphatic carbocycles. The van der Waals surface area contributed by atoms with Crippen LogP contribution in [0.4, 0.5) is 0 Å². The quantitative estimate of drug-likeness (QED) is 0.424. The van der Waals surface area contributed by atoms with Crippen molar-refractivity contribution in [3.63, 3.8) is 0 Å². The van der Waals surface area contributed by atoms with Gasteiger partial charge in [0.1, 0.15) is 0 Å². The van der Waals surface area contributed by atoms with Crippen LogP contribution >= 0.6 is 0 Å². The summed E-state index contributed by atoms with van der Waals surface area (Å²) in [5.74, 6) is 1.44. The molecule has 1 aromatic carbocycles. The zero-order valence-electron chi connectivity index (χ0n) is 17.4. The molecule has 2 atom stereocenters. The molecule has 7 heteroatoms. The normalized spacial score (nSPS) is 20.0. The molecule has 1 fully saturated rings. The van der Waals surface area contributed by atoms with Gasteiger partial charge in [-0.3, -0.25) is 4.79 Å². The van der Waals surface area contributed by atoms with Crippen LogP contribution in [0, 0.1) is 5.92 Å². The Bertz CT molecular complexity index is 676. The topological polar surface area (TPSA) is 95.0 Å². The Morgan fingerprint density at radius 1 is 1.36 bits per heavy atom. The Morgan fingerprint density at radius 2 is 2.14 bits per heavy atom. The van der Waals surface area contributed by atoms with E-state index in [4.69, 9.17) is 4.74 Å². The second kappa shape index (κ2) is 10.8. The Kier molecular flexibility index (Phi) is 8.42. The fourth-order valence-corrected chi connectivity index (χ4v) is 3.50. The molecule has 2 unspecified atom stereocenters. The number of aromatic hydroxyl groups is 1. The summed E-state index contributed by atoms with van der Waals surface area (Å²) in [6.45, 7) is 7.06. The molecule has 0 heterocycles. The monoisotopic (exact) mass is 390 g/mol. The molecular weight excluding hydrogens is 356 g/mol. The molecule has 0 spiro atoms. The Hall–Kier alpha value is -2.44. The van der Waals surface area contributed by atoms with Crippen LogP contribution in [0.25, 0.3) is 0 Å². The summed E-state index contributed by atoms with van der Waals surface area (Å²) in [7, 11) is 1.53. The molecule has 1 saturated carbocycles. The number of rotatable bonds is 7. The standard InChI is InChI=1S/C21H34N4O3/c1-5-22-21(23-13-16-9-7-11-18(28-4)19(16)26)25-17-10-6-8-15(12-17)20(27)24-14(2)3/h7,9,11,14-15,17,26H,5-6,8,10,12-13H2,1-4H3,(H,24,27)(H2,22,23,25). The molecule has 0 aromatic heterocycles. The van der Waals surface area contributed by atoms with Crippen molar-refractivity contribution in [3.05, 3.63) is 23.8 Å². The molecule has 1 aliphatic rings. The Labute approximate surface area is 168 Å². The van der Waals surface area contributed by atoms with Crippen LogP contribution in [-0.4, -0.2) is 42.7 Å². The predicted molar refractivity (Wildman–Crippen MR) is 112 cm³/mol. The van der Waals surface area contributed by atoms with Crippen molar-refractivity contribution in [1.82, 2.24) is 16.0 Å². The third-order valence-electron chi connectivity index (χ3n) is 4.87. The first kappa shape index (κ1) is 21.9. The smallest absolute Gasteiger partial charge is 0.223 e. The van der Waals surface area contributed by atoms with Crippen LogP contribution in [0.15, 0.2) is 23.2 Å². The van der Waals surface area contributed by atoms with E-state index in [2.05, 4.69) is 20.9 Å². The summed E-state index contributed by atoms with van der Waals surface area (Å²) < 4.78 is 5.16. The van der Waals surface area contributed by atoms with Gasteiger partial charge >= 0.3 is 0 Å². The molecule has 2 rings (SSSR count). The zero-order chi connectivity index (χ0) is 20.5. The molecule has 0 saturated heterocycles. The summed E-state index contributed by atoms with van der Waals surface area (Å²) in [4.78, 5) is 17.0. The second-order valence-electron chi connectivity index (χ2n) is 7.53. The van der Waals surface area contributed by atoms with Gasteiger partial charge in [-0.15, -0.1) is 0 Å². The lowest BCUT2D eigenvalue weighted by molar-refractivity contribution is -0.126. The number of nitrogens with zero attached hydrogens (tertiary/aromatic N) is 1. The van der Waals surface area contributed by atoms with Crippen molar-refractivity contribution in [2.45, 2.75) is 65.1 Å². The number of methoxy groups -OCH3 is 1. The van der Waals surface area contributed by atoms with E-state index in [1.54, 1.807) is 6.07 Å². The van der Waals surface area contributed by atoms with E-state index in [9.17, 15) is 9.90 Å². The summed E-state index contributed by atoms with van der Waals surface area (Å²) in [6.07, 6.45) is 3.76. The number of hydrogen-bond donors (Lipinski definition) is 4. The number of nitrogens with one attached hydrogen (secondary N) is 3. The van der Waals surface area contributed by atoms with E-state index in [1.807, 2.05) is 32.9 Å². The number of amides is 1. The number of phenols is 1. The van der Waals surface area contributed by atoms with Crippen LogP contribution < -0.4 is 20.7 Å². The molecule has 4 N–H and O–H groups in total. The molecule has 28 heavy (non-hydrogen) atoms. The first-order valence-electron chi connectivity index (χ1n) is 10.1. The van der Waals surface area contributed by atoms with E-state index >= 15 is 0 Å². The lowest BCUT2D eigenvalue weighted by Crippen LogP contribution is -2.47. The van der Waals surface area contributed by atoms with E-state index in [0.29, 0.717) is 23.8 Å². The van der Waals surface area contributed by atoms with Gasteiger partial charge in [-0.25, -0.2) is 4.99 Å². The van der Waals surface area contributed by atoms with Crippen molar-refractivity contribution < 1.29 is 14.6 Å². The number of para-hydroxylation sites is 1. The molecule has 1 aromatic rings. The lowest BCUT2D eigenvalue weighted by Gasteiger charge is -2.30. The van der Waals surface area contributed by atoms with E-state index < -0.39 is 0 Å². The number of phenolic OH excluding ortho intramolecular Hbond substituents is 1. The number of carbonyl (C=O) groups is 1. The summed E-state index contributed by atoms with van der Waals surface area (Å²) in [5, 5.41) is 20.0. The highest BCUT2D eigenvalue weighted by molar-refractivity contribution is 5.81. The van der Waals surface area contributed by atoms with Gasteiger partial charge in [-0.2, -0.15) is 0 Å². The maximum absolute atomic E-state index is 12.3. The molecular formula is C21H34N4O3. The summed E-state index contributed by atoms with van der Waals surface area (Å²) >= 11 is 0. The minimum Gasteiger partial charge on any atom is -0.504 e. The number of ether oxygens (including phenoxy) is 1. The summed E-state index contributed by atoms with van der Waals surface area (Å²) in [5.41, 5.74) is 0.703. The Balaban J connectivity index is 2.01. The van der Waals surface area contributed by atoms with Gasteiger partial charge in [0.2, 0.25) is 5.91 Å². The van der Waals surface area contributed by atoms with Crippen LogP contribution in [0.5, 0.6) is 11.5 Å². The van der Waals surface area contributed by atoms with Crippen LogP contribution in [0.1, 0.15) is 52.0 Å². The second-order valence-corrected chi connectivity index (χ2v) is 7.53. The molecule has 0 bridgehead atoms. The van der Waals surface area contributed by atoms with Gasteiger partial charge in [0.05, 0.1) is 13.7 Å². The maximum Gasteiger partial charge on any atom is 0.223 e. The van der Waals surface area contributed by atoms with Crippen molar-refractivity contribution in [3.8, 4) is 11.5 Å². The number of hydrogen-bond acceptors (Lipinski definition) is 4. The van der Waals surface area contributed by atoms with Crippen molar-refractivity contribution >= 4 is 11.9 Å². The first-order valence-corrected chi connectivity index (χ1v) is 10.1. The third kappa shape index (κ3) is 6.32. The third-order valence-corrected chi connectivity index (χ3v) is 4.87. The zero-order valence-corrected chi connectivity index (χ0v) is 17.4. The highest BCUT2D eigenvalue weighted by Gasteiger charge is 2.28. The number of benzene rings is 1. The van der Waals surface area contributed by atoms with Gasteiger partial charge in [0, 0.05) is 30.1 Å². The highest BCUT2D eigenvalue weighted by Crippen LogP contribution is 2.30. The van der Waals surface area contributed by atoms with Crippen molar-refractivity contribution in [2.75, 3.05) is 13.7 Å². The largest absolute Gasteiger partial charge is 0.504 e. The Morgan fingerprint density at radius 3 is 2.82 bits per heavy atom. The SMILES string of the molecule is CCNC(=NCc1cccc(OC)c1O)NC1CCCC(C(=O)NC(C)C)C1. The van der Waals surface area contributed by atoms with Crippen LogP contribution in [-0.2, 0) is 11.3 Å². The van der Waals surface area contributed by atoms with Gasteiger partial charge < -0.3 is 25.8 Å². The van der Waals surface area contributed by atoms with Crippen LogP contribution in [0.2, 0.25) is 0 Å². The number of aliphatic imine (C=N–C) groups is 1. The van der Waals surface area contributed by atoms with Crippen LogP contribution in [0.3, 0.4) is 0 Å². The van der Waals surface area contributed by atoms with Gasteiger partial charge in [-0.05, 0) is 46.1 Å². The lowest BCUT2D eigenvalue weighted by atomic mass is 9.85. The van der Waals surface area contributed by atoms with E-state index in [-0.39, 0.29) is 29.7 Å². The first-order chi connectivity index (χ1) is 13.4.